The molecule has 0 fully saturated rings. The zero-order valence-corrected chi connectivity index (χ0v) is 7.12. The Morgan fingerprint density at radius 2 is 1.33 bits per heavy atom. The van der Waals surface area contributed by atoms with Gasteiger partial charge in [-0.05, 0) is 0 Å². The molecule has 0 aliphatic rings. The lowest BCUT2D eigenvalue weighted by molar-refractivity contribution is -0.279. The highest BCUT2D eigenvalue weighted by atomic mass is 35.5. The minimum absolute atomic E-state index is 0. The second kappa shape index (κ2) is 5.74. The first-order valence-corrected chi connectivity index (χ1v) is 2.19. The van der Waals surface area contributed by atoms with Gasteiger partial charge in [0.2, 0.25) is 0 Å². The van der Waals surface area contributed by atoms with Gasteiger partial charge in [-0.2, -0.15) is 22.0 Å². The third-order valence-corrected chi connectivity index (χ3v) is 0.739. The normalized spacial score (nSPS) is 11.5. The molecule has 0 saturated heterocycles. The highest BCUT2D eigenvalue weighted by Crippen LogP contribution is 2.34. The number of hydrazine groups is 1. The van der Waals surface area contributed by atoms with Crippen molar-refractivity contribution in [1.82, 2.24) is 5.43 Å². The fourth-order valence-corrected chi connectivity index (χ4v) is 0.228. The van der Waals surface area contributed by atoms with Crippen LogP contribution in [0.15, 0.2) is 0 Å². The summed E-state index contributed by atoms with van der Waals surface area (Å²) in [6, 6.07) is 0. The molecule has 3 N–H and O–H groups in total. The molecule has 2 nitrogen and oxygen atoms in total. The average molecular weight is 237 g/mol. The first kappa shape index (κ1) is 18.0. The summed E-state index contributed by atoms with van der Waals surface area (Å²) in [5.41, 5.74) is 1.24. The summed E-state index contributed by atoms with van der Waals surface area (Å²) < 4.78 is 56.9. The van der Waals surface area contributed by atoms with Gasteiger partial charge in [0.1, 0.15) is 0 Å². The molecule has 0 aliphatic carbocycles. The number of nitrogens with two attached hydrogens (primary N) is 1. The maximum Gasteiger partial charge on any atom is 0.454 e. The smallest absolute Gasteiger partial charge is 0.271 e. The molecule has 0 aromatic rings. The number of hydrogen-bond donors (Lipinski definition) is 2. The van der Waals surface area contributed by atoms with Crippen LogP contribution in [0.1, 0.15) is 0 Å². The monoisotopic (exact) mass is 236 g/mol. The van der Waals surface area contributed by atoms with Crippen LogP contribution in [-0.2, 0) is 0 Å². The SMILES string of the molecule is Cl.Cl.NNCC(F)(F)C(F)(F)F. The fourth-order valence-electron chi connectivity index (χ4n) is 0.228. The van der Waals surface area contributed by atoms with E-state index < -0.39 is 18.6 Å². The van der Waals surface area contributed by atoms with Crippen LogP contribution in [0.3, 0.4) is 0 Å². The van der Waals surface area contributed by atoms with E-state index in [4.69, 9.17) is 0 Å². The van der Waals surface area contributed by atoms with Crippen molar-refractivity contribution in [3.8, 4) is 0 Å². The first-order chi connectivity index (χ1) is 4.31. The fraction of sp³-hybridized carbons (Fsp3) is 1.00. The summed E-state index contributed by atoms with van der Waals surface area (Å²) in [5, 5.41) is 0. The molecule has 0 rings (SSSR count). The molecule has 0 aliphatic heterocycles. The molecular weight excluding hydrogens is 230 g/mol. The Hall–Kier alpha value is 0.150. The van der Waals surface area contributed by atoms with Gasteiger partial charge in [-0.1, -0.05) is 0 Å². The highest BCUT2D eigenvalue weighted by molar-refractivity contribution is 5.85. The van der Waals surface area contributed by atoms with Crippen molar-refractivity contribution in [3.05, 3.63) is 0 Å². The van der Waals surface area contributed by atoms with Crippen molar-refractivity contribution >= 4 is 24.8 Å². The Morgan fingerprint density at radius 3 is 1.42 bits per heavy atom. The van der Waals surface area contributed by atoms with Gasteiger partial charge in [-0.3, -0.25) is 11.3 Å². The molecule has 0 heterocycles. The molecule has 12 heavy (non-hydrogen) atoms. The molecule has 0 spiro atoms. The lowest BCUT2D eigenvalue weighted by Crippen LogP contribution is -2.47. The van der Waals surface area contributed by atoms with Gasteiger partial charge in [0.05, 0.1) is 6.54 Å². The molecule has 78 valence electrons. The molecule has 0 unspecified atom stereocenters. The molecule has 0 saturated carbocycles. The number of hydrogen-bond acceptors (Lipinski definition) is 2. The van der Waals surface area contributed by atoms with E-state index in [9.17, 15) is 22.0 Å². The topological polar surface area (TPSA) is 38.0 Å². The predicted molar refractivity (Wildman–Crippen MR) is 37.7 cm³/mol. The van der Waals surface area contributed by atoms with Crippen molar-refractivity contribution in [2.75, 3.05) is 6.54 Å². The molecular formula is C3H7Cl2F5N2. The standard InChI is InChI=1S/C3H5F5N2.2ClH/c4-2(5,1-10-9)3(6,7)8;;/h10H,1,9H2;2*1H. The van der Waals surface area contributed by atoms with Gasteiger partial charge in [0.15, 0.2) is 0 Å². The van der Waals surface area contributed by atoms with Crippen LogP contribution in [-0.4, -0.2) is 18.6 Å². The summed E-state index contributed by atoms with van der Waals surface area (Å²) in [6.45, 7) is -1.60. The molecule has 0 bridgehead atoms. The lowest BCUT2D eigenvalue weighted by Gasteiger charge is -2.18. The summed E-state index contributed by atoms with van der Waals surface area (Å²) >= 11 is 0. The Labute approximate surface area is 77.5 Å². The van der Waals surface area contributed by atoms with Gasteiger partial charge in [0, 0.05) is 0 Å². The zero-order valence-electron chi connectivity index (χ0n) is 5.49. The molecule has 0 amide bonds. The maximum atomic E-state index is 11.7. The summed E-state index contributed by atoms with van der Waals surface area (Å²) in [6.07, 6.45) is -5.53. The van der Waals surface area contributed by atoms with E-state index in [1.165, 1.54) is 5.43 Å². The minimum Gasteiger partial charge on any atom is -0.271 e. The molecule has 0 radical (unpaired) electrons. The zero-order chi connectivity index (χ0) is 8.41. The van der Waals surface area contributed by atoms with Crippen molar-refractivity contribution in [2.24, 2.45) is 5.84 Å². The van der Waals surface area contributed by atoms with Crippen LogP contribution < -0.4 is 11.3 Å². The summed E-state index contributed by atoms with van der Waals surface area (Å²) in [7, 11) is 0. The Bertz CT molecular complexity index is 116. The predicted octanol–water partition coefficient (Wildman–Crippen LogP) is 1.49. The van der Waals surface area contributed by atoms with Crippen LogP contribution in [0.5, 0.6) is 0 Å². The van der Waals surface area contributed by atoms with Crippen molar-refractivity contribution in [2.45, 2.75) is 12.1 Å². The van der Waals surface area contributed by atoms with Gasteiger partial charge in [0.25, 0.3) is 0 Å². The van der Waals surface area contributed by atoms with Crippen LogP contribution in [0.4, 0.5) is 22.0 Å². The van der Waals surface area contributed by atoms with Crippen molar-refractivity contribution in [3.63, 3.8) is 0 Å². The maximum absolute atomic E-state index is 11.7. The van der Waals surface area contributed by atoms with Crippen LogP contribution >= 0.6 is 24.8 Å². The molecule has 0 aromatic carbocycles. The minimum atomic E-state index is -5.53. The van der Waals surface area contributed by atoms with E-state index in [1.807, 2.05) is 0 Å². The third-order valence-electron chi connectivity index (χ3n) is 0.739. The average Bonchev–Trinajstić information content (AvgIpc) is 1.61. The van der Waals surface area contributed by atoms with Gasteiger partial charge in [-0.15, -0.1) is 24.8 Å². The van der Waals surface area contributed by atoms with E-state index in [1.54, 1.807) is 0 Å². The largest absolute Gasteiger partial charge is 0.454 e. The van der Waals surface area contributed by atoms with Crippen LogP contribution in [0.25, 0.3) is 0 Å². The lowest BCUT2D eigenvalue weighted by atomic mass is 10.3. The molecule has 0 atom stereocenters. The van der Waals surface area contributed by atoms with Gasteiger partial charge >= 0.3 is 12.1 Å². The van der Waals surface area contributed by atoms with Crippen molar-refractivity contribution in [1.29, 1.82) is 0 Å². The second-order valence-electron chi connectivity index (χ2n) is 1.58. The number of halogens is 7. The Balaban J connectivity index is -0.000000405. The highest BCUT2D eigenvalue weighted by Gasteiger charge is 2.56. The Kier molecular flexibility index (Phi) is 8.63. The molecule has 9 heteroatoms. The second-order valence-corrected chi connectivity index (χ2v) is 1.58. The summed E-state index contributed by atoms with van der Waals surface area (Å²) in [4.78, 5) is 0. The van der Waals surface area contributed by atoms with Gasteiger partial charge < -0.3 is 0 Å². The van der Waals surface area contributed by atoms with E-state index in [0.717, 1.165) is 0 Å². The van der Waals surface area contributed by atoms with Crippen LogP contribution in [0.2, 0.25) is 0 Å². The number of rotatable bonds is 2. The van der Waals surface area contributed by atoms with Crippen molar-refractivity contribution < 1.29 is 22.0 Å². The van der Waals surface area contributed by atoms with E-state index in [0.29, 0.717) is 0 Å². The number of nitrogens with one attached hydrogen (secondary N) is 1. The van der Waals surface area contributed by atoms with Crippen LogP contribution in [0, 0.1) is 0 Å². The summed E-state index contributed by atoms with van der Waals surface area (Å²) in [5.74, 6) is -0.467. The third kappa shape index (κ3) is 4.91. The Morgan fingerprint density at radius 1 is 1.00 bits per heavy atom. The molecule has 0 aromatic heterocycles. The van der Waals surface area contributed by atoms with E-state index in [-0.39, 0.29) is 24.8 Å². The number of alkyl halides is 5. The quantitative estimate of drug-likeness (QED) is 0.433. The van der Waals surface area contributed by atoms with Gasteiger partial charge in [-0.25, -0.2) is 0 Å². The van der Waals surface area contributed by atoms with E-state index in [2.05, 4.69) is 5.84 Å². The van der Waals surface area contributed by atoms with E-state index >= 15 is 0 Å². The first-order valence-electron chi connectivity index (χ1n) is 2.19.